The van der Waals surface area contributed by atoms with E-state index in [2.05, 4.69) is 0 Å². The Morgan fingerprint density at radius 3 is 0.430 bits per heavy atom. The molecule has 0 saturated heterocycles. The zero-order valence-electron chi connectivity index (χ0n) is 41.1. The molecule has 0 heterocycles. The SMILES string of the molecule is C[N+](c1ccccc1)(c1ccccc1)c1c(F)c(F)c(F)c(F)c1F.C[N+](c1ccccc1)(c1ccccc1)c1c(F)c(F)c(F)c(F)c1F.C[N+](c1ccccc1)(c1ccccc1)c1c(F)c(F)c(F)c(F)c1F.[O-]B([O-])[O-]. The van der Waals surface area contributed by atoms with Gasteiger partial charge in [0.25, 0.3) is 0 Å². The van der Waals surface area contributed by atoms with Crippen LogP contribution >= 0.6 is 0 Å². The Hall–Kier alpha value is -8.25. The average molecular weight is 1110 g/mol. The van der Waals surface area contributed by atoms with Gasteiger partial charge in [0.05, 0.1) is 21.1 Å². The normalized spacial score (nSPS) is 11.4. The van der Waals surface area contributed by atoms with E-state index < -0.39 is 125 Å². The summed E-state index contributed by atoms with van der Waals surface area (Å²) in [4.78, 5) is 0. The molecule has 0 N–H and O–H groups in total. The summed E-state index contributed by atoms with van der Waals surface area (Å²) in [6, 6.07) is 48.4. The molecule has 0 aliphatic heterocycles. The summed E-state index contributed by atoms with van der Waals surface area (Å²) in [6.07, 6.45) is 0. The van der Waals surface area contributed by atoms with E-state index in [9.17, 15) is 65.9 Å². The highest BCUT2D eigenvalue weighted by molar-refractivity contribution is 6.24. The molecule has 0 atom stereocenters. The largest absolute Gasteiger partial charge is 0.907 e. The number of hydrogen-bond donors (Lipinski definition) is 0. The van der Waals surface area contributed by atoms with Crippen molar-refractivity contribution in [1.82, 2.24) is 13.4 Å². The van der Waals surface area contributed by atoms with Gasteiger partial charge in [0.2, 0.25) is 104 Å². The standard InChI is InChI=1S/3C19H13F5N.BO3/c3*1-25(12-8-4-2-5-9-12,13-10-6-3-7-11-13)19-17(23)15(21)14(20)16(22)18(19)24;2-1(3)4/h3*2-11H,1H3;/q3*+1;-3. The van der Waals surface area contributed by atoms with Crippen LogP contribution in [0.3, 0.4) is 0 Å². The lowest BCUT2D eigenvalue weighted by Crippen LogP contribution is -2.56. The molecular formula is C57H39BF15N3O3. The molecule has 0 spiro atoms. The minimum atomic E-state index is -2.92. The maximum atomic E-state index is 14.5. The highest BCUT2D eigenvalue weighted by atomic mass is 19.2. The van der Waals surface area contributed by atoms with Crippen LogP contribution < -0.4 is 28.5 Å². The molecule has 0 amide bonds. The van der Waals surface area contributed by atoms with Crippen LogP contribution in [-0.4, -0.2) is 28.5 Å². The minimum Gasteiger partial charge on any atom is -0.907 e. The zero-order chi connectivity index (χ0) is 58.1. The van der Waals surface area contributed by atoms with Gasteiger partial charge in [-0.25, -0.2) is 53.0 Å². The van der Waals surface area contributed by atoms with E-state index in [1.54, 1.807) is 182 Å². The summed E-state index contributed by atoms with van der Waals surface area (Å²) in [5.41, 5.74) is -0.743. The first-order valence-corrected chi connectivity index (χ1v) is 22.9. The molecule has 0 aromatic heterocycles. The van der Waals surface area contributed by atoms with Gasteiger partial charge in [0, 0.05) is 0 Å². The number of para-hydroxylation sites is 6. The van der Waals surface area contributed by atoms with Crippen molar-refractivity contribution in [1.29, 1.82) is 0 Å². The lowest BCUT2D eigenvalue weighted by atomic mass is 10.1. The number of hydrogen-bond acceptors (Lipinski definition) is 3. The highest BCUT2D eigenvalue weighted by Gasteiger charge is 2.45. The highest BCUT2D eigenvalue weighted by Crippen LogP contribution is 2.49. The number of halogens is 15. The molecule has 9 aromatic carbocycles. The third-order valence-electron chi connectivity index (χ3n) is 12.5. The van der Waals surface area contributed by atoms with Crippen molar-refractivity contribution in [2.75, 3.05) is 21.1 Å². The summed E-state index contributed by atoms with van der Waals surface area (Å²) in [5.74, 6) is -29.5. The van der Waals surface area contributed by atoms with Gasteiger partial charge >= 0.3 is 0 Å². The van der Waals surface area contributed by atoms with E-state index in [1.807, 2.05) is 0 Å². The van der Waals surface area contributed by atoms with Gasteiger partial charge in [-0.3, -0.25) is 7.32 Å². The molecular weight excluding hydrogens is 1070 g/mol. The number of quaternary nitrogens is 3. The number of benzene rings is 9. The summed E-state index contributed by atoms with van der Waals surface area (Å²) in [5, 5.41) is 25.2. The fourth-order valence-corrected chi connectivity index (χ4v) is 8.54. The van der Waals surface area contributed by atoms with Gasteiger partial charge in [-0.2, -0.15) is 26.3 Å². The Kier molecular flexibility index (Phi) is 19.0. The third-order valence-corrected chi connectivity index (χ3v) is 12.5. The summed E-state index contributed by atoms with van der Waals surface area (Å²) in [7, 11) is 1.22. The molecule has 0 unspecified atom stereocenters. The molecule has 79 heavy (non-hydrogen) atoms. The topological polar surface area (TPSA) is 69.2 Å². The number of nitrogens with zero attached hydrogens (tertiary/aromatic N) is 3. The molecule has 408 valence electrons. The van der Waals surface area contributed by atoms with Gasteiger partial charge in [0.15, 0.2) is 0 Å². The minimum absolute atomic E-state index is 0.344. The van der Waals surface area contributed by atoms with E-state index in [1.165, 1.54) is 21.1 Å². The first kappa shape index (κ1) is 60.0. The maximum absolute atomic E-state index is 14.5. The van der Waals surface area contributed by atoms with Gasteiger partial charge in [-0.1, -0.05) is 109 Å². The second-order valence-corrected chi connectivity index (χ2v) is 17.1. The van der Waals surface area contributed by atoms with Crippen molar-refractivity contribution in [2.24, 2.45) is 0 Å². The van der Waals surface area contributed by atoms with Crippen LogP contribution in [0.2, 0.25) is 0 Å². The van der Waals surface area contributed by atoms with Gasteiger partial charge in [0.1, 0.15) is 34.1 Å². The van der Waals surface area contributed by atoms with Crippen molar-refractivity contribution in [3.05, 3.63) is 269 Å². The summed E-state index contributed by atoms with van der Waals surface area (Å²) >= 11 is 0. The predicted molar refractivity (Wildman–Crippen MR) is 264 cm³/mol. The molecule has 0 bridgehead atoms. The quantitative estimate of drug-likeness (QED) is 0.0475. The molecule has 22 heteroatoms. The van der Waals surface area contributed by atoms with Gasteiger partial charge in [-0.15, -0.1) is 0 Å². The van der Waals surface area contributed by atoms with Crippen molar-refractivity contribution >= 4 is 58.5 Å². The molecule has 0 saturated carbocycles. The number of rotatable bonds is 9. The van der Waals surface area contributed by atoms with Crippen LogP contribution in [0.1, 0.15) is 0 Å². The second kappa shape index (κ2) is 25.0. The van der Waals surface area contributed by atoms with E-state index in [0.717, 1.165) is 0 Å². The Labute approximate surface area is 442 Å². The van der Waals surface area contributed by atoms with Crippen LogP contribution in [0.25, 0.3) is 0 Å². The van der Waals surface area contributed by atoms with Crippen molar-refractivity contribution in [2.45, 2.75) is 0 Å². The summed E-state index contributed by atoms with van der Waals surface area (Å²) < 4.78 is 208. The van der Waals surface area contributed by atoms with Crippen LogP contribution in [0, 0.1) is 87.3 Å². The van der Waals surface area contributed by atoms with Crippen molar-refractivity contribution in [3.63, 3.8) is 0 Å². The molecule has 9 rings (SSSR count). The van der Waals surface area contributed by atoms with Crippen molar-refractivity contribution < 1.29 is 80.9 Å². The fourth-order valence-electron chi connectivity index (χ4n) is 8.54. The predicted octanol–water partition coefficient (Wildman–Crippen LogP) is 14.0. The molecule has 0 radical (unpaired) electrons. The Morgan fingerprint density at radius 1 is 0.215 bits per heavy atom. The maximum Gasteiger partial charge on any atom is 0.226 e. The Morgan fingerprint density at radius 2 is 0.316 bits per heavy atom. The lowest BCUT2D eigenvalue weighted by molar-refractivity contribution is -0.479. The lowest BCUT2D eigenvalue weighted by Gasteiger charge is -2.35. The van der Waals surface area contributed by atoms with Crippen LogP contribution in [0.5, 0.6) is 0 Å². The second-order valence-electron chi connectivity index (χ2n) is 17.1. The van der Waals surface area contributed by atoms with Gasteiger partial charge < -0.3 is 15.1 Å². The smallest absolute Gasteiger partial charge is 0.226 e. The third kappa shape index (κ3) is 11.7. The van der Waals surface area contributed by atoms with Crippen LogP contribution in [0.4, 0.5) is 117 Å². The molecule has 6 nitrogen and oxygen atoms in total. The van der Waals surface area contributed by atoms with Gasteiger partial charge in [-0.05, 0) is 72.8 Å². The fraction of sp³-hybridized carbons (Fsp3) is 0.0526. The Bertz CT molecular complexity index is 2970. The van der Waals surface area contributed by atoms with E-state index in [0.29, 0.717) is 34.1 Å². The van der Waals surface area contributed by atoms with Crippen molar-refractivity contribution in [3.8, 4) is 0 Å². The molecule has 9 aromatic rings. The average Bonchev–Trinajstić information content (AvgIpc) is 3.53. The monoisotopic (exact) mass is 1110 g/mol. The zero-order valence-corrected chi connectivity index (χ0v) is 41.1. The molecule has 0 fully saturated rings. The first-order valence-electron chi connectivity index (χ1n) is 22.9. The van der Waals surface area contributed by atoms with E-state index in [4.69, 9.17) is 15.1 Å². The Balaban J connectivity index is 0.000000185. The molecule has 0 aliphatic carbocycles. The molecule has 0 aliphatic rings. The first-order chi connectivity index (χ1) is 37.4. The van der Waals surface area contributed by atoms with Crippen LogP contribution in [0.15, 0.2) is 182 Å². The van der Waals surface area contributed by atoms with E-state index >= 15 is 0 Å². The summed E-state index contributed by atoms with van der Waals surface area (Å²) in [6.45, 7) is 0. The van der Waals surface area contributed by atoms with E-state index in [-0.39, 0.29) is 0 Å². The van der Waals surface area contributed by atoms with Crippen LogP contribution in [-0.2, 0) is 0 Å².